The Labute approximate surface area is 122 Å². The fraction of sp³-hybridized carbons (Fsp3) is 0.600. The molecule has 1 fully saturated rings. The van der Waals surface area contributed by atoms with Gasteiger partial charge < -0.3 is 5.32 Å². The molecule has 0 amide bonds. The Kier molecular flexibility index (Phi) is 3.89. The fourth-order valence-corrected chi connectivity index (χ4v) is 3.27. The standard InChI is InChI=1S/C15H20F3NS/c1-13(2)12(14(13,3)4)19-9-10-5-7-11(8-6-10)20-15(16,17)18/h5-8,12,19H,9H2,1-4H3. The van der Waals surface area contributed by atoms with Crippen LogP contribution in [0.3, 0.4) is 0 Å². The molecular weight excluding hydrogens is 283 g/mol. The van der Waals surface area contributed by atoms with Gasteiger partial charge in [0.05, 0.1) is 0 Å². The highest BCUT2D eigenvalue weighted by molar-refractivity contribution is 8.00. The second-order valence-electron chi connectivity index (χ2n) is 6.45. The van der Waals surface area contributed by atoms with E-state index in [1.165, 1.54) is 12.1 Å². The monoisotopic (exact) mass is 303 g/mol. The van der Waals surface area contributed by atoms with Crippen LogP contribution in [0.25, 0.3) is 0 Å². The van der Waals surface area contributed by atoms with E-state index in [0.717, 1.165) is 5.56 Å². The molecule has 0 aromatic heterocycles. The molecule has 1 aromatic carbocycles. The zero-order valence-electron chi connectivity index (χ0n) is 12.1. The van der Waals surface area contributed by atoms with Crippen molar-refractivity contribution in [2.24, 2.45) is 10.8 Å². The average molecular weight is 303 g/mol. The quantitative estimate of drug-likeness (QED) is 0.800. The van der Waals surface area contributed by atoms with E-state index in [9.17, 15) is 13.2 Å². The number of rotatable bonds is 4. The van der Waals surface area contributed by atoms with Crippen LogP contribution in [0.15, 0.2) is 29.2 Å². The van der Waals surface area contributed by atoms with E-state index in [1.807, 2.05) is 0 Å². The molecule has 5 heteroatoms. The van der Waals surface area contributed by atoms with Crippen LogP contribution in [-0.2, 0) is 6.54 Å². The van der Waals surface area contributed by atoms with Crippen LogP contribution < -0.4 is 5.32 Å². The lowest BCUT2D eigenvalue weighted by Gasteiger charge is -2.08. The molecule has 0 unspecified atom stereocenters. The van der Waals surface area contributed by atoms with E-state index in [0.29, 0.717) is 12.6 Å². The molecule has 1 aliphatic carbocycles. The minimum absolute atomic E-state index is 0.0747. The summed E-state index contributed by atoms with van der Waals surface area (Å²) in [4.78, 5) is 0.230. The van der Waals surface area contributed by atoms with Gasteiger partial charge in [0.1, 0.15) is 0 Å². The Bertz CT molecular complexity index is 463. The Morgan fingerprint density at radius 1 is 1.05 bits per heavy atom. The minimum Gasteiger partial charge on any atom is -0.309 e. The van der Waals surface area contributed by atoms with Gasteiger partial charge >= 0.3 is 5.51 Å². The van der Waals surface area contributed by atoms with Crippen molar-refractivity contribution in [2.75, 3.05) is 0 Å². The smallest absolute Gasteiger partial charge is 0.309 e. The van der Waals surface area contributed by atoms with Crippen molar-refractivity contribution >= 4 is 11.8 Å². The predicted octanol–water partition coefficient (Wildman–Crippen LogP) is 4.82. The molecule has 0 aliphatic heterocycles. The molecule has 1 saturated carbocycles. The van der Waals surface area contributed by atoms with E-state index >= 15 is 0 Å². The lowest BCUT2D eigenvalue weighted by Crippen LogP contribution is -2.21. The maximum absolute atomic E-state index is 12.2. The second-order valence-corrected chi connectivity index (χ2v) is 7.59. The van der Waals surface area contributed by atoms with Gasteiger partial charge in [0.25, 0.3) is 0 Å². The van der Waals surface area contributed by atoms with Crippen molar-refractivity contribution in [3.05, 3.63) is 29.8 Å². The first kappa shape index (κ1) is 15.7. The van der Waals surface area contributed by atoms with Crippen LogP contribution in [0.4, 0.5) is 13.2 Å². The van der Waals surface area contributed by atoms with Gasteiger partial charge in [-0.1, -0.05) is 39.8 Å². The number of nitrogens with one attached hydrogen (secondary N) is 1. The molecule has 1 N–H and O–H groups in total. The fourth-order valence-electron chi connectivity index (χ4n) is 2.74. The lowest BCUT2D eigenvalue weighted by molar-refractivity contribution is -0.0328. The number of hydrogen-bond acceptors (Lipinski definition) is 2. The third-order valence-electron chi connectivity index (χ3n) is 4.69. The van der Waals surface area contributed by atoms with Crippen LogP contribution in [0.5, 0.6) is 0 Å². The third-order valence-corrected chi connectivity index (χ3v) is 5.43. The summed E-state index contributed by atoms with van der Waals surface area (Å²) in [5, 5.41) is 3.49. The number of halogens is 3. The molecular formula is C15H20F3NS. The molecule has 0 spiro atoms. The highest BCUT2D eigenvalue weighted by Gasteiger charge is 2.64. The van der Waals surface area contributed by atoms with Crippen molar-refractivity contribution in [1.82, 2.24) is 5.32 Å². The Morgan fingerprint density at radius 2 is 1.55 bits per heavy atom. The summed E-state index contributed by atoms with van der Waals surface area (Å²) in [7, 11) is 0. The number of benzene rings is 1. The summed E-state index contributed by atoms with van der Waals surface area (Å²) in [6.07, 6.45) is 0. The van der Waals surface area contributed by atoms with Gasteiger partial charge in [-0.15, -0.1) is 0 Å². The summed E-state index contributed by atoms with van der Waals surface area (Å²) < 4.78 is 36.7. The van der Waals surface area contributed by atoms with Crippen LogP contribution >= 0.6 is 11.8 Å². The molecule has 0 radical (unpaired) electrons. The minimum atomic E-state index is -4.22. The van der Waals surface area contributed by atoms with Crippen LogP contribution in [-0.4, -0.2) is 11.6 Å². The summed E-state index contributed by atoms with van der Waals surface area (Å²) >= 11 is -0.0747. The molecule has 0 atom stereocenters. The van der Waals surface area contributed by atoms with Crippen molar-refractivity contribution in [3.63, 3.8) is 0 Å². The van der Waals surface area contributed by atoms with Gasteiger partial charge in [-0.05, 0) is 40.3 Å². The lowest BCUT2D eigenvalue weighted by atomic mass is 10.0. The van der Waals surface area contributed by atoms with Gasteiger partial charge in [0.15, 0.2) is 0 Å². The third kappa shape index (κ3) is 3.14. The zero-order valence-corrected chi connectivity index (χ0v) is 13.0. The van der Waals surface area contributed by atoms with Crippen molar-refractivity contribution < 1.29 is 13.2 Å². The van der Waals surface area contributed by atoms with E-state index in [-0.39, 0.29) is 27.5 Å². The average Bonchev–Trinajstić information content (AvgIpc) is 2.67. The highest BCUT2D eigenvalue weighted by Crippen LogP contribution is 2.62. The molecule has 112 valence electrons. The maximum atomic E-state index is 12.2. The molecule has 2 rings (SSSR count). The van der Waals surface area contributed by atoms with Crippen molar-refractivity contribution in [3.8, 4) is 0 Å². The van der Waals surface area contributed by atoms with E-state index in [2.05, 4.69) is 33.0 Å². The van der Waals surface area contributed by atoms with Gasteiger partial charge in [-0.2, -0.15) is 13.2 Å². The first-order valence-electron chi connectivity index (χ1n) is 6.62. The molecule has 0 bridgehead atoms. The first-order chi connectivity index (χ1) is 9.04. The Morgan fingerprint density at radius 3 is 1.95 bits per heavy atom. The SMILES string of the molecule is CC1(C)C(NCc2ccc(SC(F)(F)F)cc2)C1(C)C. The summed E-state index contributed by atoms with van der Waals surface area (Å²) in [5.74, 6) is 0. The molecule has 1 aliphatic rings. The van der Waals surface area contributed by atoms with Gasteiger partial charge in [0, 0.05) is 17.5 Å². The zero-order chi connectivity index (χ0) is 15.2. The Hall–Kier alpha value is -0.680. The molecule has 1 nitrogen and oxygen atoms in total. The highest BCUT2D eigenvalue weighted by atomic mass is 32.2. The normalized spacial score (nSPS) is 20.9. The summed E-state index contributed by atoms with van der Waals surface area (Å²) in [6.45, 7) is 9.61. The van der Waals surface area contributed by atoms with Gasteiger partial charge in [0.2, 0.25) is 0 Å². The number of alkyl halides is 3. The topological polar surface area (TPSA) is 12.0 Å². The van der Waals surface area contributed by atoms with Crippen LogP contribution in [0, 0.1) is 10.8 Å². The summed E-state index contributed by atoms with van der Waals surface area (Å²) in [6, 6.07) is 7.00. The van der Waals surface area contributed by atoms with Crippen LogP contribution in [0.2, 0.25) is 0 Å². The largest absolute Gasteiger partial charge is 0.446 e. The summed E-state index contributed by atoms with van der Waals surface area (Å²) in [5.41, 5.74) is -2.69. The molecule has 0 heterocycles. The van der Waals surface area contributed by atoms with Crippen molar-refractivity contribution in [1.29, 1.82) is 0 Å². The van der Waals surface area contributed by atoms with Gasteiger partial charge in [-0.25, -0.2) is 0 Å². The number of hydrogen-bond donors (Lipinski definition) is 1. The van der Waals surface area contributed by atoms with E-state index in [4.69, 9.17) is 0 Å². The van der Waals surface area contributed by atoms with Crippen LogP contribution in [0.1, 0.15) is 33.3 Å². The first-order valence-corrected chi connectivity index (χ1v) is 7.44. The van der Waals surface area contributed by atoms with Gasteiger partial charge in [-0.3, -0.25) is 0 Å². The van der Waals surface area contributed by atoms with E-state index in [1.54, 1.807) is 12.1 Å². The van der Waals surface area contributed by atoms with E-state index < -0.39 is 5.51 Å². The molecule has 20 heavy (non-hydrogen) atoms. The predicted molar refractivity (Wildman–Crippen MR) is 76.5 cm³/mol. The molecule has 1 aromatic rings. The number of thioether (sulfide) groups is 1. The second kappa shape index (κ2) is 4.95. The Balaban J connectivity index is 1.90. The maximum Gasteiger partial charge on any atom is 0.446 e. The molecule has 0 saturated heterocycles. The van der Waals surface area contributed by atoms with Crippen molar-refractivity contribution in [2.45, 2.75) is 50.7 Å².